The van der Waals surface area contributed by atoms with Crippen molar-refractivity contribution in [2.45, 2.75) is 4.90 Å². The third-order valence-electron chi connectivity index (χ3n) is 4.62. The van der Waals surface area contributed by atoms with E-state index in [1.165, 1.54) is 67.8 Å². The first-order valence-electron chi connectivity index (χ1n) is 9.64. The average molecular weight is 504 g/mol. The number of hydrogen-bond acceptors (Lipinski definition) is 7. The van der Waals surface area contributed by atoms with E-state index in [-0.39, 0.29) is 26.9 Å². The largest absolute Gasteiger partial charge is 0.465 e. The van der Waals surface area contributed by atoms with Crippen LogP contribution in [-0.2, 0) is 19.6 Å². The number of anilines is 2. The van der Waals surface area contributed by atoms with E-state index in [9.17, 15) is 28.1 Å². The summed E-state index contributed by atoms with van der Waals surface area (Å²) in [5.41, 5.74) is -0.629. The maximum Gasteiger partial charge on any atom is 0.339 e. The molecule has 0 aromatic heterocycles. The minimum absolute atomic E-state index is 0.00516. The fourth-order valence-electron chi connectivity index (χ4n) is 3.05. The van der Waals surface area contributed by atoms with E-state index in [0.717, 1.165) is 6.07 Å². The number of methoxy groups -OCH3 is 1. The number of para-hydroxylation sites is 2. The van der Waals surface area contributed by atoms with Gasteiger partial charge >= 0.3 is 5.97 Å². The van der Waals surface area contributed by atoms with Crippen LogP contribution >= 0.6 is 11.6 Å². The number of carbonyl (C=O) groups excluding carboxylic acids is 2. The Morgan fingerprint density at radius 2 is 1.71 bits per heavy atom. The van der Waals surface area contributed by atoms with Crippen LogP contribution in [0.25, 0.3) is 0 Å². The molecular formula is C22H18ClN3O7S. The van der Waals surface area contributed by atoms with Gasteiger partial charge in [0.15, 0.2) is 0 Å². The molecule has 0 fully saturated rings. The lowest BCUT2D eigenvalue weighted by Crippen LogP contribution is -2.38. The summed E-state index contributed by atoms with van der Waals surface area (Å²) in [7, 11) is -3.19. The number of esters is 1. The Balaban J connectivity index is 2.00. The van der Waals surface area contributed by atoms with Crippen molar-refractivity contribution in [3.05, 3.63) is 93.5 Å². The van der Waals surface area contributed by atoms with Crippen LogP contribution in [0.15, 0.2) is 77.7 Å². The van der Waals surface area contributed by atoms with E-state index in [0.29, 0.717) is 4.31 Å². The predicted molar refractivity (Wildman–Crippen MR) is 125 cm³/mol. The number of nitro benzene ring substituents is 1. The molecule has 12 heteroatoms. The summed E-state index contributed by atoms with van der Waals surface area (Å²) in [6, 6.07) is 16.5. The van der Waals surface area contributed by atoms with Crippen molar-refractivity contribution < 1.29 is 27.7 Å². The first kappa shape index (κ1) is 24.7. The zero-order valence-corrected chi connectivity index (χ0v) is 19.2. The highest BCUT2D eigenvalue weighted by atomic mass is 35.5. The lowest BCUT2D eigenvalue weighted by molar-refractivity contribution is -0.384. The summed E-state index contributed by atoms with van der Waals surface area (Å²) in [5.74, 6) is -1.54. The molecule has 0 radical (unpaired) electrons. The molecule has 34 heavy (non-hydrogen) atoms. The highest BCUT2D eigenvalue weighted by molar-refractivity contribution is 7.92. The van der Waals surface area contributed by atoms with Crippen molar-refractivity contribution >= 4 is 50.6 Å². The number of rotatable bonds is 8. The molecule has 0 heterocycles. The van der Waals surface area contributed by atoms with Crippen molar-refractivity contribution in [3.8, 4) is 0 Å². The summed E-state index contributed by atoms with van der Waals surface area (Å²) in [6.07, 6.45) is 0. The second-order valence-electron chi connectivity index (χ2n) is 6.80. The molecule has 0 unspecified atom stereocenters. The zero-order chi connectivity index (χ0) is 24.9. The second kappa shape index (κ2) is 10.3. The maximum atomic E-state index is 13.4. The number of nitro groups is 1. The predicted octanol–water partition coefficient (Wildman–Crippen LogP) is 3.87. The van der Waals surface area contributed by atoms with Crippen molar-refractivity contribution in [1.29, 1.82) is 0 Å². The van der Waals surface area contributed by atoms with Crippen LogP contribution in [0.3, 0.4) is 0 Å². The van der Waals surface area contributed by atoms with Gasteiger partial charge in [0.25, 0.3) is 15.7 Å². The number of sulfonamides is 1. The molecular weight excluding hydrogens is 486 g/mol. The smallest absolute Gasteiger partial charge is 0.339 e. The van der Waals surface area contributed by atoms with Crippen LogP contribution in [0.5, 0.6) is 0 Å². The SMILES string of the molecule is COC(=O)c1cc(NC(=O)CN(c2ccccc2[N+](=O)[O-])S(=O)(=O)c2ccccc2)ccc1Cl. The van der Waals surface area contributed by atoms with Gasteiger partial charge in [-0.05, 0) is 36.4 Å². The molecule has 0 spiro atoms. The summed E-state index contributed by atoms with van der Waals surface area (Å²) in [4.78, 5) is 35.4. The van der Waals surface area contributed by atoms with Gasteiger partial charge in [-0.15, -0.1) is 0 Å². The molecule has 1 amide bonds. The van der Waals surface area contributed by atoms with E-state index >= 15 is 0 Å². The van der Waals surface area contributed by atoms with Crippen LogP contribution in [-0.4, -0.2) is 38.9 Å². The van der Waals surface area contributed by atoms with Gasteiger partial charge in [0.1, 0.15) is 12.2 Å². The minimum atomic E-state index is -4.36. The quantitative estimate of drug-likeness (QED) is 0.280. The lowest BCUT2D eigenvalue weighted by Gasteiger charge is -2.24. The summed E-state index contributed by atoms with van der Waals surface area (Å²) < 4.78 is 32.0. The van der Waals surface area contributed by atoms with Gasteiger partial charge in [-0.2, -0.15) is 0 Å². The number of ether oxygens (including phenoxy) is 1. The Morgan fingerprint density at radius 1 is 1.06 bits per heavy atom. The first-order valence-corrected chi connectivity index (χ1v) is 11.5. The van der Waals surface area contributed by atoms with Gasteiger partial charge < -0.3 is 10.1 Å². The van der Waals surface area contributed by atoms with Gasteiger partial charge in [-0.25, -0.2) is 17.5 Å². The van der Waals surface area contributed by atoms with Crippen molar-refractivity contribution in [3.63, 3.8) is 0 Å². The normalized spacial score (nSPS) is 10.9. The van der Waals surface area contributed by atoms with E-state index in [4.69, 9.17) is 11.6 Å². The Hall–Kier alpha value is -3.96. The van der Waals surface area contributed by atoms with Gasteiger partial charge in [-0.3, -0.25) is 14.9 Å². The Labute approximate surface area is 199 Å². The highest BCUT2D eigenvalue weighted by Crippen LogP contribution is 2.32. The van der Waals surface area contributed by atoms with Crippen LogP contribution in [0.2, 0.25) is 5.02 Å². The lowest BCUT2D eigenvalue weighted by atomic mass is 10.2. The number of amides is 1. The number of carbonyl (C=O) groups is 2. The molecule has 0 aliphatic rings. The Bertz CT molecular complexity index is 1350. The van der Waals surface area contributed by atoms with Crippen molar-refractivity contribution in [2.75, 3.05) is 23.3 Å². The number of hydrogen-bond donors (Lipinski definition) is 1. The third kappa shape index (κ3) is 5.33. The molecule has 3 aromatic carbocycles. The fraction of sp³-hybridized carbons (Fsp3) is 0.0909. The minimum Gasteiger partial charge on any atom is -0.465 e. The molecule has 10 nitrogen and oxygen atoms in total. The number of nitrogens with zero attached hydrogens (tertiary/aromatic N) is 2. The van der Waals surface area contributed by atoms with E-state index in [2.05, 4.69) is 10.1 Å². The fourth-order valence-corrected chi connectivity index (χ4v) is 4.70. The molecule has 0 aliphatic heterocycles. The molecule has 0 bridgehead atoms. The number of nitrogens with one attached hydrogen (secondary N) is 1. The van der Waals surface area contributed by atoms with E-state index in [1.54, 1.807) is 6.07 Å². The van der Waals surface area contributed by atoms with Gasteiger partial charge in [0, 0.05) is 11.8 Å². The Kier molecular flexibility index (Phi) is 7.49. The molecule has 0 saturated heterocycles. The Morgan fingerprint density at radius 3 is 2.35 bits per heavy atom. The summed E-state index contributed by atoms with van der Waals surface area (Å²) >= 11 is 5.98. The number of halogens is 1. The highest BCUT2D eigenvalue weighted by Gasteiger charge is 2.32. The molecule has 3 rings (SSSR count). The third-order valence-corrected chi connectivity index (χ3v) is 6.72. The first-order chi connectivity index (χ1) is 16.1. The van der Waals surface area contributed by atoms with Crippen LogP contribution in [0.1, 0.15) is 10.4 Å². The van der Waals surface area contributed by atoms with Crippen molar-refractivity contribution in [1.82, 2.24) is 0 Å². The van der Waals surface area contributed by atoms with Crippen LogP contribution < -0.4 is 9.62 Å². The molecule has 0 saturated carbocycles. The topological polar surface area (TPSA) is 136 Å². The number of benzene rings is 3. The van der Waals surface area contributed by atoms with Gasteiger partial charge in [0.2, 0.25) is 5.91 Å². The molecule has 0 aliphatic carbocycles. The summed E-state index contributed by atoms with van der Waals surface area (Å²) in [5, 5.41) is 14.1. The summed E-state index contributed by atoms with van der Waals surface area (Å²) in [6.45, 7) is -0.779. The second-order valence-corrected chi connectivity index (χ2v) is 9.07. The monoisotopic (exact) mass is 503 g/mol. The van der Waals surface area contributed by atoms with Crippen molar-refractivity contribution in [2.24, 2.45) is 0 Å². The standard InChI is InChI=1S/C22H18ClN3O7S/c1-33-22(28)17-13-15(11-12-18(17)23)24-21(27)14-25(19-9-5-6-10-20(19)26(29)30)34(31,32)16-7-3-2-4-8-16/h2-13H,14H2,1H3,(H,24,27). The maximum absolute atomic E-state index is 13.4. The van der Waals surface area contributed by atoms with E-state index in [1.807, 2.05) is 0 Å². The van der Waals surface area contributed by atoms with E-state index < -0.39 is 39.1 Å². The zero-order valence-electron chi connectivity index (χ0n) is 17.7. The van der Waals surface area contributed by atoms with Crippen LogP contribution in [0.4, 0.5) is 17.1 Å². The molecule has 0 atom stereocenters. The molecule has 1 N–H and O–H groups in total. The molecule has 176 valence electrons. The molecule has 3 aromatic rings. The van der Waals surface area contributed by atoms with Crippen LogP contribution in [0, 0.1) is 10.1 Å². The van der Waals surface area contributed by atoms with Gasteiger partial charge in [0.05, 0.1) is 27.5 Å². The average Bonchev–Trinajstić information content (AvgIpc) is 2.83. The van der Waals surface area contributed by atoms with Gasteiger partial charge in [-0.1, -0.05) is 41.9 Å².